The van der Waals surface area contributed by atoms with E-state index >= 15 is 0 Å². The molecule has 200 valence electrons. The van der Waals surface area contributed by atoms with E-state index in [0.717, 1.165) is 22.3 Å². The summed E-state index contributed by atoms with van der Waals surface area (Å²) < 4.78 is 10.4. The first-order chi connectivity index (χ1) is 18.9. The minimum Gasteiger partial charge on any atom is -0.462 e. The largest absolute Gasteiger partial charge is 0.462 e. The Morgan fingerprint density at radius 2 is 1.64 bits per heavy atom. The molecule has 0 spiro atoms. The maximum Gasteiger partial charge on any atom is 0.407 e. The molecule has 4 N–H and O–H groups in total. The number of aliphatic hydroxyl groups is 2. The summed E-state index contributed by atoms with van der Waals surface area (Å²) in [6.07, 6.45) is -2.23. The molecule has 0 bridgehead atoms. The fraction of sp³-hybridized carbons (Fsp3) is 0.233. The number of alkyl carbamates (subject to hydrolysis) is 1. The van der Waals surface area contributed by atoms with Crippen LogP contribution in [0.2, 0.25) is 0 Å². The van der Waals surface area contributed by atoms with Crippen LogP contribution in [-0.4, -0.2) is 53.1 Å². The molecule has 0 fully saturated rings. The van der Waals surface area contributed by atoms with Crippen LogP contribution >= 0.6 is 0 Å². The Hall–Kier alpha value is -4.47. The van der Waals surface area contributed by atoms with E-state index in [-0.39, 0.29) is 42.2 Å². The molecule has 0 saturated heterocycles. The number of fused-ring (bicyclic) bond motifs is 4. The van der Waals surface area contributed by atoms with E-state index < -0.39 is 29.7 Å². The number of nitrogens with one attached hydrogen (secondary N) is 2. The number of rotatable bonds is 8. The minimum atomic E-state index is -1.41. The van der Waals surface area contributed by atoms with Crippen LogP contribution in [0.15, 0.2) is 77.7 Å². The van der Waals surface area contributed by atoms with Crippen molar-refractivity contribution >= 4 is 23.0 Å². The van der Waals surface area contributed by atoms with Gasteiger partial charge in [0.1, 0.15) is 24.4 Å². The molecular weight excluding hydrogens is 500 g/mol. The molecule has 1 aromatic heterocycles. The Kier molecular flexibility index (Phi) is 7.44. The van der Waals surface area contributed by atoms with Crippen molar-refractivity contribution in [3.05, 3.63) is 105 Å². The molecule has 0 radical (unpaired) electrons. The highest BCUT2D eigenvalue weighted by molar-refractivity contribution is 5.93. The number of amides is 1. The highest BCUT2D eigenvalue weighted by Gasteiger charge is 2.29. The van der Waals surface area contributed by atoms with Crippen LogP contribution in [0.1, 0.15) is 46.0 Å². The molecule has 3 aromatic carbocycles. The summed E-state index contributed by atoms with van der Waals surface area (Å²) in [6.45, 7) is 1.60. The zero-order valence-electron chi connectivity index (χ0n) is 21.2. The Labute approximate surface area is 224 Å². The second-order valence-electron chi connectivity index (χ2n) is 9.28. The maximum atomic E-state index is 12.8. The number of hydrogen-bond acceptors (Lipinski definition) is 7. The van der Waals surface area contributed by atoms with Gasteiger partial charge in [0.2, 0.25) is 5.43 Å². The Morgan fingerprint density at radius 1 is 0.974 bits per heavy atom. The van der Waals surface area contributed by atoms with Gasteiger partial charge in [-0.15, -0.1) is 0 Å². The molecule has 4 aromatic rings. The molecular formula is C30H28N2O7. The SMILES string of the molecule is CCOC(=O)c1c[nH]c2ccc(C(O)C(O)CNC(=O)OCC3c4ccccc4-c4ccccc43)cc2c1=O. The van der Waals surface area contributed by atoms with E-state index in [9.17, 15) is 24.6 Å². The van der Waals surface area contributed by atoms with E-state index in [1.54, 1.807) is 19.1 Å². The van der Waals surface area contributed by atoms with E-state index in [2.05, 4.69) is 10.3 Å². The first-order valence-corrected chi connectivity index (χ1v) is 12.7. The summed E-state index contributed by atoms with van der Waals surface area (Å²) in [4.78, 5) is 40.2. The normalized spacial score (nSPS) is 13.8. The van der Waals surface area contributed by atoms with Crippen LogP contribution in [-0.2, 0) is 9.47 Å². The van der Waals surface area contributed by atoms with Crippen molar-refractivity contribution in [1.29, 1.82) is 0 Å². The molecule has 2 unspecified atom stereocenters. The van der Waals surface area contributed by atoms with Crippen LogP contribution < -0.4 is 10.7 Å². The van der Waals surface area contributed by atoms with Crippen molar-refractivity contribution in [3.8, 4) is 11.1 Å². The summed E-state index contributed by atoms with van der Waals surface area (Å²) in [7, 11) is 0. The quantitative estimate of drug-likeness (QED) is 0.256. The maximum absolute atomic E-state index is 12.8. The summed E-state index contributed by atoms with van der Waals surface area (Å²) in [5, 5.41) is 23.9. The zero-order chi connectivity index (χ0) is 27.5. The number of hydrogen-bond donors (Lipinski definition) is 4. The van der Waals surface area contributed by atoms with Gasteiger partial charge in [-0.2, -0.15) is 0 Å². The molecule has 2 atom stereocenters. The van der Waals surface area contributed by atoms with Crippen molar-refractivity contribution in [2.75, 3.05) is 19.8 Å². The summed E-state index contributed by atoms with van der Waals surface area (Å²) in [5.74, 6) is -0.854. The molecule has 0 aliphatic heterocycles. The lowest BCUT2D eigenvalue weighted by molar-refractivity contribution is 0.0186. The summed E-state index contributed by atoms with van der Waals surface area (Å²) in [5.41, 5.74) is 4.38. The summed E-state index contributed by atoms with van der Waals surface area (Å²) >= 11 is 0. The third-order valence-corrected chi connectivity index (χ3v) is 6.91. The topological polar surface area (TPSA) is 138 Å². The third-order valence-electron chi connectivity index (χ3n) is 6.91. The molecule has 5 rings (SSSR count). The van der Waals surface area contributed by atoms with Crippen molar-refractivity contribution in [3.63, 3.8) is 0 Å². The zero-order valence-corrected chi connectivity index (χ0v) is 21.2. The van der Waals surface area contributed by atoms with Gasteiger partial charge < -0.3 is 30.0 Å². The van der Waals surface area contributed by atoms with E-state index in [0.29, 0.717) is 5.52 Å². The fourth-order valence-electron chi connectivity index (χ4n) is 4.95. The number of aliphatic hydroxyl groups excluding tert-OH is 2. The van der Waals surface area contributed by atoms with Gasteiger partial charge in [0.15, 0.2) is 0 Å². The monoisotopic (exact) mass is 528 g/mol. The van der Waals surface area contributed by atoms with E-state index in [1.165, 1.54) is 12.3 Å². The predicted molar refractivity (Wildman–Crippen MR) is 145 cm³/mol. The number of ether oxygens (including phenoxy) is 2. The van der Waals surface area contributed by atoms with Crippen molar-refractivity contribution < 1.29 is 29.3 Å². The second kappa shape index (κ2) is 11.1. The molecule has 1 heterocycles. The second-order valence-corrected chi connectivity index (χ2v) is 9.28. The first-order valence-electron chi connectivity index (χ1n) is 12.7. The van der Waals surface area contributed by atoms with Crippen LogP contribution in [0.25, 0.3) is 22.0 Å². The van der Waals surface area contributed by atoms with Crippen LogP contribution in [0.5, 0.6) is 0 Å². The molecule has 1 aliphatic carbocycles. The van der Waals surface area contributed by atoms with Gasteiger partial charge in [-0.25, -0.2) is 9.59 Å². The number of benzene rings is 3. The van der Waals surface area contributed by atoms with Crippen LogP contribution in [0, 0.1) is 0 Å². The number of carbonyl (C=O) groups is 2. The number of carbonyl (C=O) groups excluding carboxylic acids is 2. The highest BCUT2D eigenvalue weighted by Crippen LogP contribution is 2.44. The fourth-order valence-corrected chi connectivity index (χ4v) is 4.95. The number of H-pyrrole nitrogens is 1. The molecule has 39 heavy (non-hydrogen) atoms. The van der Waals surface area contributed by atoms with Gasteiger partial charge in [-0.3, -0.25) is 4.79 Å². The van der Waals surface area contributed by atoms with Crippen molar-refractivity contribution in [2.45, 2.75) is 25.0 Å². The van der Waals surface area contributed by atoms with Gasteiger partial charge in [-0.05, 0) is 46.9 Å². The van der Waals surface area contributed by atoms with Crippen LogP contribution in [0.3, 0.4) is 0 Å². The first kappa shape index (κ1) is 26.1. The van der Waals surface area contributed by atoms with Gasteiger partial charge in [0.25, 0.3) is 0 Å². The van der Waals surface area contributed by atoms with E-state index in [1.807, 2.05) is 48.5 Å². The van der Waals surface area contributed by atoms with Gasteiger partial charge in [0.05, 0.1) is 6.61 Å². The number of pyridine rings is 1. The molecule has 9 heteroatoms. The van der Waals surface area contributed by atoms with Gasteiger partial charge in [-0.1, -0.05) is 54.6 Å². The van der Waals surface area contributed by atoms with Gasteiger partial charge >= 0.3 is 12.1 Å². The Bertz CT molecular complexity index is 1550. The standard InChI is InChI=1S/C30H28N2O7/c1-2-38-29(36)23-14-31-25-12-11-17(13-22(25)28(23)35)27(34)26(33)15-32-30(37)39-16-24-20-9-5-3-7-18(20)19-8-4-6-10-21(19)24/h3-14,24,26-27,33-34H,2,15-16H2,1H3,(H,31,35)(H,32,37). The average molecular weight is 529 g/mol. The van der Waals surface area contributed by atoms with Crippen molar-refractivity contribution in [2.24, 2.45) is 0 Å². The molecule has 1 amide bonds. The Morgan fingerprint density at radius 3 is 2.31 bits per heavy atom. The van der Waals surface area contributed by atoms with Crippen molar-refractivity contribution in [1.82, 2.24) is 10.3 Å². The predicted octanol–water partition coefficient (Wildman–Crippen LogP) is 3.64. The smallest absolute Gasteiger partial charge is 0.407 e. The van der Waals surface area contributed by atoms with Gasteiger partial charge in [0, 0.05) is 29.6 Å². The number of esters is 1. The number of aromatic nitrogens is 1. The van der Waals surface area contributed by atoms with Crippen LogP contribution in [0.4, 0.5) is 4.79 Å². The molecule has 0 saturated carbocycles. The highest BCUT2D eigenvalue weighted by atomic mass is 16.5. The molecule has 1 aliphatic rings. The average Bonchev–Trinajstić information content (AvgIpc) is 3.28. The Balaban J connectivity index is 1.22. The minimum absolute atomic E-state index is 0.103. The third kappa shape index (κ3) is 5.14. The lowest BCUT2D eigenvalue weighted by atomic mass is 9.98. The lowest BCUT2D eigenvalue weighted by Crippen LogP contribution is -2.36. The molecule has 9 nitrogen and oxygen atoms in total. The van der Waals surface area contributed by atoms with E-state index in [4.69, 9.17) is 9.47 Å². The summed E-state index contributed by atoms with van der Waals surface area (Å²) in [6, 6.07) is 20.5. The lowest BCUT2D eigenvalue weighted by Gasteiger charge is -2.20. The number of aromatic amines is 1.